The zero-order valence-corrected chi connectivity index (χ0v) is 14.9. The summed E-state index contributed by atoms with van der Waals surface area (Å²) in [4.78, 5) is 23.6. The SMILES string of the molecule is O=C(CCCNC(=O)C1CC1)NC[C@H]1C[C@@]12CCCc1ccccc12. The molecule has 4 heteroatoms. The summed E-state index contributed by atoms with van der Waals surface area (Å²) in [6.45, 7) is 1.41. The first-order valence-corrected chi connectivity index (χ1v) is 9.82. The summed E-state index contributed by atoms with van der Waals surface area (Å²) in [6.07, 6.45) is 8.21. The maximum absolute atomic E-state index is 12.1. The highest BCUT2D eigenvalue weighted by Crippen LogP contribution is 2.59. The van der Waals surface area contributed by atoms with Gasteiger partial charge >= 0.3 is 0 Å². The lowest BCUT2D eigenvalue weighted by atomic mass is 9.78. The number of hydrogen-bond donors (Lipinski definition) is 2. The van der Waals surface area contributed by atoms with Crippen LogP contribution in [0.2, 0.25) is 0 Å². The summed E-state index contributed by atoms with van der Waals surface area (Å²) in [5.41, 5.74) is 3.37. The van der Waals surface area contributed by atoms with Crippen molar-refractivity contribution in [2.24, 2.45) is 11.8 Å². The molecule has 1 spiro atoms. The molecule has 3 aliphatic rings. The molecule has 2 N–H and O–H groups in total. The molecule has 134 valence electrons. The molecule has 2 fully saturated rings. The van der Waals surface area contributed by atoms with Crippen LogP contribution in [-0.4, -0.2) is 24.9 Å². The Kier molecular flexibility index (Phi) is 4.53. The third-order valence-corrected chi connectivity index (χ3v) is 6.23. The minimum absolute atomic E-state index is 0.117. The molecule has 0 heterocycles. The normalized spacial score (nSPS) is 26.8. The van der Waals surface area contributed by atoms with E-state index < -0.39 is 0 Å². The lowest BCUT2D eigenvalue weighted by molar-refractivity contribution is -0.123. The molecule has 2 amide bonds. The summed E-state index contributed by atoms with van der Waals surface area (Å²) in [6, 6.07) is 8.84. The standard InChI is InChI=1S/C21H28N2O2/c24-19(8-4-12-22-20(25)16-9-10-16)23-14-17-13-21(17)11-3-6-15-5-1-2-7-18(15)21/h1-2,5,7,16-17H,3-4,6,8-14H2,(H,22,25)(H,23,24)/t17-,21+/m1/s1. The van der Waals surface area contributed by atoms with E-state index in [1.54, 1.807) is 0 Å². The Labute approximate surface area is 149 Å². The van der Waals surface area contributed by atoms with E-state index >= 15 is 0 Å². The van der Waals surface area contributed by atoms with Crippen LogP contribution in [0.3, 0.4) is 0 Å². The number of hydrogen-bond acceptors (Lipinski definition) is 2. The van der Waals surface area contributed by atoms with E-state index in [4.69, 9.17) is 0 Å². The largest absolute Gasteiger partial charge is 0.356 e. The molecule has 0 radical (unpaired) electrons. The molecule has 0 bridgehead atoms. The Morgan fingerprint density at radius 2 is 2.00 bits per heavy atom. The fraction of sp³-hybridized carbons (Fsp3) is 0.619. The molecule has 0 unspecified atom stereocenters. The summed E-state index contributed by atoms with van der Waals surface area (Å²) >= 11 is 0. The number of carbonyl (C=O) groups excluding carboxylic acids is 2. The van der Waals surface area contributed by atoms with Crippen LogP contribution in [0, 0.1) is 11.8 Å². The number of carbonyl (C=O) groups is 2. The average Bonchev–Trinajstić information content (AvgIpc) is 3.53. The first kappa shape index (κ1) is 16.6. The number of rotatable bonds is 7. The molecule has 0 aliphatic heterocycles. The van der Waals surface area contributed by atoms with Crippen LogP contribution in [0.25, 0.3) is 0 Å². The summed E-state index contributed by atoms with van der Waals surface area (Å²) in [5, 5.41) is 6.03. The number of aryl methyl sites for hydroxylation is 1. The molecule has 0 aromatic heterocycles. The van der Waals surface area contributed by atoms with Gasteiger partial charge in [-0.1, -0.05) is 24.3 Å². The summed E-state index contributed by atoms with van der Waals surface area (Å²) in [7, 11) is 0. The topological polar surface area (TPSA) is 58.2 Å². The predicted molar refractivity (Wildman–Crippen MR) is 97.1 cm³/mol. The van der Waals surface area contributed by atoms with Crippen LogP contribution in [0.5, 0.6) is 0 Å². The fourth-order valence-electron chi connectivity index (χ4n) is 4.51. The lowest BCUT2D eigenvalue weighted by Crippen LogP contribution is -2.30. The van der Waals surface area contributed by atoms with Crippen molar-refractivity contribution < 1.29 is 9.59 Å². The second kappa shape index (κ2) is 6.81. The van der Waals surface area contributed by atoms with Gasteiger partial charge in [0.25, 0.3) is 0 Å². The van der Waals surface area contributed by atoms with Gasteiger partial charge in [-0.25, -0.2) is 0 Å². The molecule has 4 nitrogen and oxygen atoms in total. The maximum atomic E-state index is 12.1. The van der Waals surface area contributed by atoms with Crippen LogP contribution >= 0.6 is 0 Å². The van der Waals surface area contributed by atoms with Gasteiger partial charge in [0, 0.05) is 30.8 Å². The lowest BCUT2D eigenvalue weighted by Gasteiger charge is -2.26. The van der Waals surface area contributed by atoms with Crippen LogP contribution in [0.15, 0.2) is 24.3 Å². The molecular weight excluding hydrogens is 312 g/mol. The zero-order valence-electron chi connectivity index (χ0n) is 14.9. The van der Waals surface area contributed by atoms with Crippen molar-refractivity contribution in [2.45, 2.75) is 56.8 Å². The third kappa shape index (κ3) is 3.58. The number of amides is 2. The minimum Gasteiger partial charge on any atom is -0.356 e. The monoisotopic (exact) mass is 340 g/mol. The quantitative estimate of drug-likeness (QED) is 0.750. The van der Waals surface area contributed by atoms with Crippen LogP contribution < -0.4 is 10.6 Å². The number of benzene rings is 1. The molecule has 2 saturated carbocycles. The van der Waals surface area contributed by atoms with Gasteiger partial charge in [-0.05, 0) is 62.0 Å². The highest BCUT2D eigenvalue weighted by atomic mass is 16.2. The number of fused-ring (bicyclic) bond motifs is 2. The fourth-order valence-corrected chi connectivity index (χ4v) is 4.51. The zero-order chi connectivity index (χ0) is 17.3. The van der Waals surface area contributed by atoms with E-state index in [1.807, 2.05) is 0 Å². The molecule has 1 aromatic carbocycles. The van der Waals surface area contributed by atoms with Gasteiger partial charge in [-0.15, -0.1) is 0 Å². The molecule has 25 heavy (non-hydrogen) atoms. The smallest absolute Gasteiger partial charge is 0.223 e. The second-order valence-corrected chi connectivity index (χ2v) is 8.04. The van der Waals surface area contributed by atoms with E-state index in [0.29, 0.717) is 24.3 Å². The highest BCUT2D eigenvalue weighted by molar-refractivity contribution is 5.81. The third-order valence-electron chi connectivity index (χ3n) is 6.23. The predicted octanol–water partition coefficient (Wildman–Crippen LogP) is 2.70. The van der Waals surface area contributed by atoms with Gasteiger partial charge in [0.15, 0.2) is 0 Å². The van der Waals surface area contributed by atoms with Gasteiger partial charge in [-0.3, -0.25) is 9.59 Å². The van der Waals surface area contributed by atoms with Gasteiger partial charge in [0.1, 0.15) is 0 Å². The van der Waals surface area contributed by atoms with Crippen molar-refractivity contribution in [1.82, 2.24) is 10.6 Å². The Hall–Kier alpha value is -1.84. The van der Waals surface area contributed by atoms with Crippen LogP contribution in [0.1, 0.15) is 56.1 Å². The van der Waals surface area contributed by atoms with Gasteiger partial charge in [0.05, 0.1) is 0 Å². The van der Waals surface area contributed by atoms with E-state index in [2.05, 4.69) is 34.9 Å². The van der Waals surface area contributed by atoms with E-state index in [1.165, 1.54) is 36.8 Å². The first-order chi connectivity index (χ1) is 12.2. The van der Waals surface area contributed by atoms with Crippen molar-refractivity contribution in [3.05, 3.63) is 35.4 Å². The van der Waals surface area contributed by atoms with E-state index in [-0.39, 0.29) is 17.7 Å². The minimum atomic E-state index is 0.117. The van der Waals surface area contributed by atoms with Crippen molar-refractivity contribution in [3.8, 4) is 0 Å². The van der Waals surface area contributed by atoms with E-state index in [0.717, 1.165) is 25.8 Å². The number of nitrogens with one attached hydrogen (secondary N) is 2. The first-order valence-electron chi connectivity index (χ1n) is 9.82. The summed E-state index contributed by atoms with van der Waals surface area (Å²) in [5.74, 6) is 1.12. The Morgan fingerprint density at radius 1 is 1.16 bits per heavy atom. The molecule has 2 atom stereocenters. The molecule has 0 saturated heterocycles. The van der Waals surface area contributed by atoms with Gasteiger partial charge in [-0.2, -0.15) is 0 Å². The second-order valence-electron chi connectivity index (χ2n) is 8.04. The Morgan fingerprint density at radius 3 is 2.84 bits per heavy atom. The average molecular weight is 340 g/mol. The summed E-state index contributed by atoms with van der Waals surface area (Å²) < 4.78 is 0. The Bertz CT molecular complexity index is 668. The van der Waals surface area contributed by atoms with Crippen molar-refractivity contribution >= 4 is 11.8 Å². The van der Waals surface area contributed by atoms with Gasteiger partial charge < -0.3 is 10.6 Å². The molecular formula is C21H28N2O2. The molecule has 1 aromatic rings. The molecule has 3 aliphatic carbocycles. The van der Waals surface area contributed by atoms with Crippen molar-refractivity contribution in [3.63, 3.8) is 0 Å². The van der Waals surface area contributed by atoms with Crippen molar-refractivity contribution in [2.75, 3.05) is 13.1 Å². The Balaban J connectivity index is 1.18. The van der Waals surface area contributed by atoms with Crippen LogP contribution in [-0.2, 0) is 21.4 Å². The highest BCUT2D eigenvalue weighted by Gasteiger charge is 2.56. The van der Waals surface area contributed by atoms with Gasteiger partial charge in [0.2, 0.25) is 11.8 Å². The maximum Gasteiger partial charge on any atom is 0.223 e. The van der Waals surface area contributed by atoms with Crippen LogP contribution in [0.4, 0.5) is 0 Å². The molecule has 4 rings (SSSR count). The van der Waals surface area contributed by atoms with E-state index in [9.17, 15) is 9.59 Å². The van der Waals surface area contributed by atoms with Crippen molar-refractivity contribution in [1.29, 1.82) is 0 Å².